The summed E-state index contributed by atoms with van der Waals surface area (Å²) in [5, 5.41) is 12.2. The van der Waals surface area contributed by atoms with Crippen LogP contribution in [0.15, 0.2) is 18.5 Å². The van der Waals surface area contributed by atoms with Gasteiger partial charge in [-0.3, -0.25) is 4.79 Å². The van der Waals surface area contributed by atoms with Gasteiger partial charge in [-0.1, -0.05) is 0 Å². The van der Waals surface area contributed by atoms with E-state index in [1.54, 1.807) is 18.5 Å². The zero-order valence-corrected chi connectivity index (χ0v) is 8.97. The highest BCUT2D eigenvalue weighted by Crippen LogP contribution is 2.18. The Labute approximate surface area is 93.9 Å². The van der Waals surface area contributed by atoms with Crippen molar-refractivity contribution in [3.8, 4) is 0 Å². The lowest BCUT2D eigenvalue weighted by Gasteiger charge is -2.25. The molecule has 1 amide bonds. The van der Waals surface area contributed by atoms with E-state index in [1.165, 1.54) is 0 Å². The molecule has 2 N–H and O–H groups in total. The molecule has 1 fully saturated rings. The third kappa shape index (κ3) is 2.76. The number of aliphatic hydroxyl groups excluding tert-OH is 1. The Balaban J connectivity index is 1.88. The SMILES string of the molecule is O=C(NC1CCC(O)CC1)c1ncccn1. The number of carbonyl (C=O) groups is 1. The molecule has 1 saturated carbocycles. The van der Waals surface area contributed by atoms with Crippen LogP contribution in [0.3, 0.4) is 0 Å². The Morgan fingerprint density at radius 3 is 2.50 bits per heavy atom. The standard InChI is InChI=1S/C11H15N3O2/c15-9-4-2-8(3-5-9)14-11(16)10-12-6-1-7-13-10/h1,6-9,15H,2-5H2,(H,14,16). The molecule has 5 heteroatoms. The fraction of sp³-hybridized carbons (Fsp3) is 0.545. The van der Waals surface area contributed by atoms with Crippen molar-refractivity contribution in [1.82, 2.24) is 15.3 Å². The maximum Gasteiger partial charge on any atom is 0.289 e. The van der Waals surface area contributed by atoms with Crippen molar-refractivity contribution in [1.29, 1.82) is 0 Å². The second-order valence-corrected chi connectivity index (χ2v) is 4.05. The van der Waals surface area contributed by atoms with Crippen molar-refractivity contribution in [3.05, 3.63) is 24.3 Å². The molecule has 0 unspecified atom stereocenters. The first-order chi connectivity index (χ1) is 7.75. The summed E-state index contributed by atoms with van der Waals surface area (Å²) in [5.74, 6) is -0.0318. The molecule has 1 heterocycles. The van der Waals surface area contributed by atoms with Gasteiger partial charge in [0.15, 0.2) is 0 Å². The minimum absolute atomic E-state index is 0.139. The van der Waals surface area contributed by atoms with Crippen molar-refractivity contribution in [2.24, 2.45) is 0 Å². The van der Waals surface area contributed by atoms with Gasteiger partial charge in [0.25, 0.3) is 5.91 Å². The molecule has 0 aromatic carbocycles. The Kier molecular flexibility index (Phi) is 3.46. The molecule has 86 valence electrons. The Morgan fingerprint density at radius 1 is 1.25 bits per heavy atom. The fourth-order valence-electron chi connectivity index (χ4n) is 1.89. The second kappa shape index (κ2) is 5.03. The number of hydrogen-bond donors (Lipinski definition) is 2. The summed E-state index contributed by atoms with van der Waals surface area (Å²) in [4.78, 5) is 19.5. The van der Waals surface area contributed by atoms with Crippen LogP contribution in [0, 0.1) is 0 Å². The predicted molar refractivity (Wildman–Crippen MR) is 57.8 cm³/mol. The largest absolute Gasteiger partial charge is 0.393 e. The number of nitrogens with one attached hydrogen (secondary N) is 1. The van der Waals surface area contributed by atoms with Crippen LogP contribution >= 0.6 is 0 Å². The van der Waals surface area contributed by atoms with Gasteiger partial charge in [-0.2, -0.15) is 0 Å². The van der Waals surface area contributed by atoms with Gasteiger partial charge in [-0.05, 0) is 31.7 Å². The highest BCUT2D eigenvalue weighted by atomic mass is 16.3. The van der Waals surface area contributed by atoms with Gasteiger partial charge < -0.3 is 10.4 Å². The zero-order valence-electron chi connectivity index (χ0n) is 8.97. The van der Waals surface area contributed by atoms with Crippen molar-refractivity contribution in [3.63, 3.8) is 0 Å². The van der Waals surface area contributed by atoms with E-state index in [2.05, 4.69) is 15.3 Å². The number of rotatable bonds is 2. The van der Waals surface area contributed by atoms with E-state index in [1.807, 2.05) is 0 Å². The normalized spacial score (nSPS) is 25.1. The molecule has 0 aliphatic heterocycles. The van der Waals surface area contributed by atoms with E-state index in [9.17, 15) is 9.90 Å². The van der Waals surface area contributed by atoms with Crippen LogP contribution in [0.25, 0.3) is 0 Å². The van der Waals surface area contributed by atoms with Gasteiger partial charge >= 0.3 is 0 Å². The number of aromatic nitrogens is 2. The average molecular weight is 221 g/mol. The molecule has 1 aromatic rings. The van der Waals surface area contributed by atoms with E-state index in [0.717, 1.165) is 25.7 Å². The van der Waals surface area contributed by atoms with E-state index in [-0.39, 0.29) is 23.9 Å². The fourth-order valence-corrected chi connectivity index (χ4v) is 1.89. The quantitative estimate of drug-likeness (QED) is 0.763. The highest BCUT2D eigenvalue weighted by molar-refractivity contribution is 5.90. The monoisotopic (exact) mass is 221 g/mol. The molecular weight excluding hydrogens is 206 g/mol. The van der Waals surface area contributed by atoms with Gasteiger partial charge in [0.05, 0.1) is 6.10 Å². The summed E-state index contributed by atoms with van der Waals surface area (Å²) in [7, 11) is 0. The third-order valence-electron chi connectivity index (χ3n) is 2.80. The molecule has 0 saturated heterocycles. The maximum atomic E-state index is 11.7. The highest BCUT2D eigenvalue weighted by Gasteiger charge is 2.21. The first-order valence-corrected chi connectivity index (χ1v) is 5.51. The summed E-state index contributed by atoms with van der Waals surface area (Å²) in [6, 6.07) is 1.81. The molecule has 1 aliphatic carbocycles. The number of carbonyl (C=O) groups excluding carboxylic acids is 1. The van der Waals surface area contributed by atoms with Gasteiger partial charge in [0.1, 0.15) is 0 Å². The topological polar surface area (TPSA) is 75.1 Å². The van der Waals surface area contributed by atoms with Gasteiger partial charge in [0.2, 0.25) is 5.82 Å². The molecule has 0 atom stereocenters. The van der Waals surface area contributed by atoms with Crippen LogP contribution in [-0.4, -0.2) is 33.1 Å². The molecule has 1 aliphatic rings. The number of amides is 1. The minimum atomic E-state index is -0.234. The molecule has 0 spiro atoms. The van der Waals surface area contributed by atoms with Gasteiger partial charge in [-0.15, -0.1) is 0 Å². The van der Waals surface area contributed by atoms with Crippen LogP contribution in [0.4, 0.5) is 0 Å². The lowest BCUT2D eigenvalue weighted by atomic mass is 9.93. The molecule has 0 bridgehead atoms. The van der Waals surface area contributed by atoms with Gasteiger partial charge in [0, 0.05) is 18.4 Å². The second-order valence-electron chi connectivity index (χ2n) is 4.05. The Bertz CT molecular complexity index is 348. The number of hydrogen-bond acceptors (Lipinski definition) is 4. The van der Waals surface area contributed by atoms with E-state index >= 15 is 0 Å². The van der Waals surface area contributed by atoms with Crippen LogP contribution in [0.5, 0.6) is 0 Å². The first kappa shape index (κ1) is 11.0. The molecule has 0 radical (unpaired) electrons. The van der Waals surface area contributed by atoms with Crippen LogP contribution in [-0.2, 0) is 0 Å². The Morgan fingerprint density at radius 2 is 1.88 bits per heavy atom. The predicted octanol–water partition coefficient (Wildman–Crippen LogP) is 0.510. The molecule has 2 rings (SSSR count). The number of aliphatic hydroxyl groups is 1. The van der Waals surface area contributed by atoms with Crippen LogP contribution in [0.1, 0.15) is 36.3 Å². The summed E-state index contributed by atoms with van der Waals surface area (Å²) in [6.07, 6.45) is 6.03. The summed E-state index contributed by atoms with van der Waals surface area (Å²) >= 11 is 0. The van der Waals surface area contributed by atoms with E-state index in [4.69, 9.17) is 0 Å². The molecular formula is C11H15N3O2. The lowest BCUT2D eigenvalue weighted by Crippen LogP contribution is -2.39. The minimum Gasteiger partial charge on any atom is -0.393 e. The molecule has 16 heavy (non-hydrogen) atoms. The summed E-state index contributed by atoms with van der Waals surface area (Å²) < 4.78 is 0. The third-order valence-corrected chi connectivity index (χ3v) is 2.80. The number of nitrogens with zero attached hydrogens (tertiary/aromatic N) is 2. The van der Waals surface area contributed by atoms with Crippen LogP contribution in [0.2, 0.25) is 0 Å². The smallest absolute Gasteiger partial charge is 0.289 e. The summed E-state index contributed by atoms with van der Waals surface area (Å²) in [6.45, 7) is 0. The maximum absolute atomic E-state index is 11.7. The van der Waals surface area contributed by atoms with E-state index in [0.29, 0.717) is 0 Å². The summed E-state index contributed by atoms with van der Waals surface area (Å²) in [5.41, 5.74) is 0. The average Bonchev–Trinajstić information content (AvgIpc) is 2.33. The lowest BCUT2D eigenvalue weighted by molar-refractivity contribution is 0.0858. The zero-order chi connectivity index (χ0) is 11.4. The van der Waals surface area contributed by atoms with Gasteiger partial charge in [-0.25, -0.2) is 9.97 Å². The van der Waals surface area contributed by atoms with Crippen LogP contribution < -0.4 is 5.32 Å². The van der Waals surface area contributed by atoms with Crippen molar-refractivity contribution in [2.75, 3.05) is 0 Å². The first-order valence-electron chi connectivity index (χ1n) is 5.51. The van der Waals surface area contributed by atoms with Crippen molar-refractivity contribution >= 4 is 5.91 Å². The van der Waals surface area contributed by atoms with Crippen molar-refractivity contribution < 1.29 is 9.90 Å². The van der Waals surface area contributed by atoms with E-state index < -0.39 is 0 Å². The van der Waals surface area contributed by atoms with Crippen molar-refractivity contribution in [2.45, 2.75) is 37.8 Å². The molecule has 5 nitrogen and oxygen atoms in total. The molecule has 1 aromatic heterocycles. The Hall–Kier alpha value is -1.49.